The fourth-order valence-electron chi connectivity index (χ4n) is 2.26. The van der Waals surface area contributed by atoms with E-state index < -0.39 is 24.1 Å². The first-order valence-electron chi connectivity index (χ1n) is 7.08. The molecule has 0 unspecified atom stereocenters. The van der Waals surface area contributed by atoms with Gasteiger partial charge in [-0.25, -0.2) is 0 Å². The zero-order chi connectivity index (χ0) is 15.6. The van der Waals surface area contributed by atoms with E-state index in [0.717, 1.165) is 5.69 Å². The summed E-state index contributed by atoms with van der Waals surface area (Å²) in [7, 11) is 0. The molecular weight excluding hydrogens is 274 g/mol. The van der Waals surface area contributed by atoms with Crippen LogP contribution in [0.5, 0.6) is 0 Å². The molecule has 0 saturated carbocycles. The predicted molar refractivity (Wildman–Crippen MR) is 77.9 cm³/mol. The molecule has 1 aromatic carbocycles. The van der Waals surface area contributed by atoms with Gasteiger partial charge in [0.2, 0.25) is 5.79 Å². The second-order valence-electron chi connectivity index (χ2n) is 5.79. The minimum absolute atomic E-state index is 0.0982. The van der Waals surface area contributed by atoms with Crippen LogP contribution in [-0.2, 0) is 4.74 Å². The molecule has 118 valence electrons. The van der Waals surface area contributed by atoms with E-state index in [4.69, 9.17) is 4.74 Å². The van der Waals surface area contributed by atoms with E-state index in [2.05, 4.69) is 19.2 Å². The SMILES string of the molecule is CC(C)c1ccc(NC[C@@]2(O)OC[C@@H](O)[C@@H](O)[C@@H]2O)cc1. The highest BCUT2D eigenvalue weighted by Gasteiger charge is 2.48. The molecule has 6 heteroatoms. The van der Waals surface area contributed by atoms with Crippen molar-refractivity contribution in [2.45, 2.75) is 43.9 Å². The van der Waals surface area contributed by atoms with E-state index in [-0.39, 0.29) is 13.2 Å². The van der Waals surface area contributed by atoms with Crippen molar-refractivity contribution < 1.29 is 25.2 Å². The number of benzene rings is 1. The lowest BCUT2D eigenvalue weighted by Gasteiger charge is -2.41. The number of ether oxygens (including phenoxy) is 1. The van der Waals surface area contributed by atoms with Crippen LogP contribution in [0, 0.1) is 0 Å². The first kappa shape index (κ1) is 16.2. The number of hydrogen-bond donors (Lipinski definition) is 5. The Morgan fingerprint density at radius 1 is 1.24 bits per heavy atom. The number of aliphatic hydroxyl groups excluding tert-OH is 3. The summed E-state index contributed by atoms with van der Waals surface area (Å²) in [6.45, 7) is 3.87. The van der Waals surface area contributed by atoms with Crippen molar-refractivity contribution in [1.82, 2.24) is 0 Å². The molecule has 0 amide bonds. The largest absolute Gasteiger partial charge is 0.388 e. The van der Waals surface area contributed by atoms with Gasteiger partial charge in [-0.1, -0.05) is 26.0 Å². The van der Waals surface area contributed by atoms with E-state index in [9.17, 15) is 20.4 Å². The maximum absolute atomic E-state index is 10.2. The lowest BCUT2D eigenvalue weighted by Crippen LogP contribution is -2.63. The van der Waals surface area contributed by atoms with Crippen LogP contribution in [0.25, 0.3) is 0 Å². The number of rotatable bonds is 4. The van der Waals surface area contributed by atoms with Crippen LogP contribution >= 0.6 is 0 Å². The Balaban J connectivity index is 1.98. The smallest absolute Gasteiger partial charge is 0.212 e. The van der Waals surface area contributed by atoms with Gasteiger partial charge < -0.3 is 30.5 Å². The van der Waals surface area contributed by atoms with E-state index >= 15 is 0 Å². The molecule has 1 saturated heterocycles. The summed E-state index contributed by atoms with van der Waals surface area (Å²) in [6, 6.07) is 7.71. The molecule has 0 aromatic heterocycles. The minimum Gasteiger partial charge on any atom is -0.388 e. The van der Waals surface area contributed by atoms with Crippen molar-refractivity contribution in [3.63, 3.8) is 0 Å². The molecule has 6 nitrogen and oxygen atoms in total. The van der Waals surface area contributed by atoms with Crippen LogP contribution < -0.4 is 5.32 Å². The van der Waals surface area contributed by atoms with Crippen LogP contribution in [0.1, 0.15) is 25.3 Å². The standard InChI is InChI=1S/C15H23NO5/c1-9(2)10-3-5-11(6-4-10)16-8-15(20)14(19)13(18)12(17)7-21-15/h3-6,9,12-14,16-20H,7-8H2,1-2H3/t12-,13-,14+,15-/m1/s1. The molecule has 0 aliphatic carbocycles. The molecule has 0 bridgehead atoms. The second-order valence-corrected chi connectivity index (χ2v) is 5.79. The van der Waals surface area contributed by atoms with Gasteiger partial charge in [-0.2, -0.15) is 0 Å². The number of anilines is 1. The zero-order valence-electron chi connectivity index (χ0n) is 12.2. The minimum atomic E-state index is -1.94. The molecule has 1 aliphatic rings. The molecule has 21 heavy (non-hydrogen) atoms. The van der Waals surface area contributed by atoms with Crippen LogP contribution in [-0.4, -0.2) is 57.7 Å². The summed E-state index contributed by atoms with van der Waals surface area (Å²) in [5.41, 5.74) is 1.97. The van der Waals surface area contributed by atoms with Crippen LogP contribution in [0.3, 0.4) is 0 Å². The van der Waals surface area contributed by atoms with Gasteiger partial charge in [-0.15, -0.1) is 0 Å². The van der Waals surface area contributed by atoms with Crippen LogP contribution in [0.2, 0.25) is 0 Å². The van der Waals surface area contributed by atoms with Crippen LogP contribution in [0.4, 0.5) is 5.69 Å². The molecule has 1 aromatic rings. The van der Waals surface area contributed by atoms with Gasteiger partial charge in [0.15, 0.2) is 0 Å². The highest BCUT2D eigenvalue weighted by molar-refractivity contribution is 5.45. The molecule has 0 radical (unpaired) electrons. The Morgan fingerprint density at radius 2 is 1.86 bits per heavy atom. The van der Waals surface area contributed by atoms with E-state index in [0.29, 0.717) is 5.92 Å². The second kappa shape index (κ2) is 6.29. The predicted octanol–water partition coefficient (Wildman–Crippen LogP) is 0.0234. The highest BCUT2D eigenvalue weighted by atomic mass is 16.6. The van der Waals surface area contributed by atoms with Crippen molar-refractivity contribution in [2.75, 3.05) is 18.5 Å². The Bertz CT molecular complexity index is 464. The summed E-state index contributed by atoms with van der Waals surface area (Å²) in [6.07, 6.45) is -4.22. The summed E-state index contributed by atoms with van der Waals surface area (Å²) in [4.78, 5) is 0. The normalized spacial score (nSPS) is 33.2. The van der Waals surface area contributed by atoms with Crippen molar-refractivity contribution >= 4 is 5.69 Å². The maximum atomic E-state index is 10.2. The quantitative estimate of drug-likeness (QED) is 0.537. The molecular formula is C15H23NO5. The number of aliphatic hydroxyl groups is 4. The van der Waals surface area contributed by atoms with Gasteiger partial charge in [0.25, 0.3) is 0 Å². The molecule has 1 aliphatic heterocycles. The molecule has 4 atom stereocenters. The summed E-state index contributed by atoms with van der Waals surface area (Å²) >= 11 is 0. The number of nitrogens with one attached hydrogen (secondary N) is 1. The van der Waals surface area contributed by atoms with Gasteiger partial charge in [0.1, 0.15) is 18.3 Å². The van der Waals surface area contributed by atoms with Gasteiger partial charge in [0.05, 0.1) is 13.2 Å². The van der Waals surface area contributed by atoms with Gasteiger partial charge in [-0.05, 0) is 23.6 Å². The van der Waals surface area contributed by atoms with E-state index in [1.165, 1.54) is 5.56 Å². The molecule has 5 N–H and O–H groups in total. The summed E-state index contributed by atoms with van der Waals surface area (Å²) in [5, 5.41) is 42.0. The first-order chi connectivity index (χ1) is 9.83. The fourth-order valence-corrected chi connectivity index (χ4v) is 2.26. The fraction of sp³-hybridized carbons (Fsp3) is 0.600. The Hall–Kier alpha value is -1.18. The first-order valence-corrected chi connectivity index (χ1v) is 7.08. The van der Waals surface area contributed by atoms with Gasteiger partial charge in [0, 0.05) is 5.69 Å². The van der Waals surface area contributed by atoms with Crippen molar-refractivity contribution in [1.29, 1.82) is 0 Å². The van der Waals surface area contributed by atoms with Crippen molar-refractivity contribution in [2.24, 2.45) is 0 Å². The average molecular weight is 297 g/mol. The third kappa shape index (κ3) is 3.53. The molecule has 2 rings (SSSR count). The van der Waals surface area contributed by atoms with Crippen molar-refractivity contribution in [3.05, 3.63) is 29.8 Å². The topological polar surface area (TPSA) is 102 Å². The monoisotopic (exact) mass is 297 g/mol. The third-order valence-corrected chi connectivity index (χ3v) is 3.81. The zero-order valence-corrected chi connectivity index (χ0v) is 12.2. The van der Waals surface area contributed by atoms with Crippen LogP contribution in [0.15, 0.2) is 24.3 Å². The maximum Gasteiger partial charge on any atom is 0.212 e. The summed E-state index contributed by atoms with van der Waals surface area (Å²) in [5.74, 6) is -1.50. The van der Waals surface area contributed by atoms with Gasteiger partial charge >= 0.3 is 0 Å². The average Bonchev–Trinajstić information content (AvgIpc) is 2.48. The molecule has 0 spiro atoms. The Morgan fingerprint density at radius 3 is 2.43 bits per heavy atom. The Labute approximate surface area is 124 Å². The lowest BCUT2D eigenvalue weighted by atomic mass is 9.96. The Kier molecular flexibility index (Phi) is 4.85. The molecule has 1 heterocycles. The van der Waals surface area contributed by atoms with Gasteiger partial charge in [-0.3, -0.25) is 0 Å². The lowest BCUT2D eigenvalue weighted by molar-refractivity contribution is -0.313. The molecule has 1 fully saturated rings. The van der Waals surface area contributed by atoms with Crippen molar-refractivity contribution in [3.8, 4) is 0 Å². The number of hydrogen-bond acceptors (Lipinski definition) is 6. The third-order valence-electron chi connectivity index (χ3n) is 3.81. The van der Waals surface area contributed by atoms with E-state index in [1.807, 2.05) is 24.3 Å². The highest BCUT2D eigenvalue weighted by Crippen LogP contribution is 2.25. The summed E-state index contributed by atoms with van der Waals surface area (Å²) < 4.78 is 5.08. The van der Waals surface area contributed by atoms with E-state index in [1.54, 1.807) is 0 Å².